The molecule has 158 valence electrons. The summed E-state index contributed by atoms with van der Waals surface area (Å²) < 4.78 is 5.60. The Morgan fingerprint density at radius 1 is 1.13 bits per heavy atom. The number of likely N-dealkylation sites (N-methyl/N-ethyl adjacent to an activating group) is 1. The standard InChI is InChI=1S/C25H25N3O3/c1-16-13-17-7-3-6-10-22(17)28(16)23(29)15-31-25(30)24-18-8-4-5-9-20(18)26-21-11-12-27(2)14-19(21)24/h3-10,16H,11-15H2,1-2H3. The van der Waals surface area contributed by atoms with Crippen molar-refractivity contribution >= 4 is 28.5 Å². The lowest BCUT2D eigenvalue weighted by Crippen LogP contribution is -2.39. The van der Waals surface area contributed by atoms with E-state index in [9.17, 15) is 9.59 Å². The number of nitrogens with zero attached hydrogens (tertiary/aromatic N) is 3. The van der Waals surface area contributed by atoms with Gasteiger partial charge in [-0.15, -0.1) is 0 Å². The molecule has 0 saturated carbocycles. The normalized spacial score (nSPS) is 18.0. The number of amides is 1. The van der Waals surface area contributed by atoms with Crippen molar-refractivity contribution in [3.05, 3.63) is 70.9 Å². The number of carbonyl (C=O) groups is 2. The largest absolute Gasteiger partial charge is 0.452 e. The molecule has 2 aromatic carbocycles. The molecule has 1 unspecified atom stereocenters. The summed E-state index contributed by atoms with van der Waals surface area (Å²) in [5.41, 5.74) is 5.22. The van der Waals surface area contributed by atoms with Crippen LogP contribution in [0.25, 0.3) is 10.9 Å². The van der Waals surface area contributed by atoms with Gasteiger partial charge in [0.2, 0.25) is 0 Å². The molecule has 1 atom stereocenters. The zero-order valence-electron chi connectivity index (χ0n) is 17.8. The molecule has 1 aromatic heterocycles. The quantitative estimate of drug-likeness (QED) is 0.614. The summed E-state index contributed by atoms with van der Waals surface area (Å²) in [6.45, 7) is 3.28. The van der Waals surface area contributed by atoms with Crippen molar-refractivity contribution in [1.29, 1.82) is 0 Å². The van der Waals surface area contributed by atoms with E-state index >= 15 is 0 Å². The van der Waals surface area contributed by atoms with Gasteiger partial charge in [0.05, 0.1) is 11.1 Å². The summed E-state index contributed by atoms with van der Waals surface area (Å²) in [6.07, 6.45) is 1.60. The third kappa shape index (κ3) is 3.47. The minimum absolute atomic E-state index is 0.0479. The zero-order chi connectivity index (χ0) is 21.5. The van der Waals surface area contributed by atoms with Crippen molar-refractivity contribution in [3.8, 4) is 0 Å². The molecule has 5 rings (SSSR count). The molecule has 6 nitrogen and oxygen atoms in total. The molecule has 0 aliphatic carbocycles. The highest BCUT2D eigenvalue weighted by atomic mass is 16.5. The predicted octanol–water partition coefficient (Wildman–Crippen LogP) is 3.36. The third-order valence-electron chi connectivity index (χ3n) is 6.24. The number of hydrogen-bond acceptors (Lipinski definition) is 5. The predicted molar refractivity (Wildman–Crippen MR) is 119 cm³/mol. The average Bonchev–Trinajstić information content (AvgIpc) is 3.11. The number of ether oxygens (including phenoxy) is 1. The summed E-state index contributed by atoms with van der Waals surface area (Å²) in [6, 6.07) is 15.6. The van der Waals surface area contributed by atoms with Crippen LogP contribution in [0.2, 0.25) is 0 Å². The molecule has 0 spiro atoms. The van der Waals surface area contributed by atoms with Gasteiger partial charge in [-0.25, -0.2) is 4.79 Å². The number of pyridine rings is 1. The summed E-state index contributed by atoms with van der Waals surface area (Å²) >= 11 is 0. The molecule has 31 heavy (non-hydrogen) atoms. The summed E-state index contributed by atoms with van der Waals surface area (Å²) in [4.78, 5) is 34.9. The average molecular weight is 415 g/mol. The summed E-state index contributed by atoms with van der Waals surface area (Å²) in [7, 11) is 2.03. The Morgan fingerprint density at radius 2 is 1.90 bits per heavy atom. The van der Waals surface area contributed by atoms with Crippen LogP contribution < -0.4 is 4.90 Å². The molecule has 3 heterocycles. The monoisotopic (exact) mass is 415 g/mol. The highest BCUT2D eigenvalue weighted by Gasteiger charge is 2.32. The Bertz CT molecular complexity index is 1190. The van der Waals surface area contributed by atoms with Crippen molar-refractivity contribution in [2.24, 2.45) is 0 Å². The lowest BCUT2D eigenvalue weighted by atomic mass is 9.96. The number of fused-ring (bicyclic) bond motifs is 3. The van der Waals surface area contributed by atoms with Crippen molar-refractivity contribution in [2.45, 2.75) is 32.4 Å². The van der Waals surface area contributed by atoms with E-state index in [0.29, 0.717) is 12.1 Å². The number of carbonyl (C=O) groups excluding carboxylic acids is 2. The van der Waals surface area contributed by atoms with Crippen molar-refractivity contribution in [1.82, 2.24) is 9.88 Å². The first kappa shape index (κ1) is 19.7. The smallest absolute Gasteiger partial charge is 0.339 e. The molecule has 0 bridgehead atoms. The first-order valence-electron chi connectivity index (χ1n) is 10.7. The molecule has 0 fully saturated rings. The molecule has 1 amide bonds. The maximum atomic E-state index is 13.2. The van der Waals surface area contributed by atoms with Gasteiger partial charge in [0.25, 0.3) is 5.91 Å². The molecule has 3 aromatic rings. The molecule has 0 saturated heterocycles. The Hall–Kier alpha value is -3.25. The summed E-state index contributed by atoms with van der Waals surface area (Å²) in [5, 5.41) is 0.772. The Morgan fingerprint density at radius 3 is 2.77 bits per heavy atom. The van der Waals surface area contributed by atoms with Gasteiger partial charge in [0.15, 0.2) is 6.61 Å². The van der Waals surface area contributed by atoms with E-state index in [4.69, 9.17) is 9.72 Å². The topological polar surface area (TPSA) is 62.7 Å². The van der Waals surface area contributed by atoms with Gasteiger partial charge in [-0.05, 0) is 38.1 Å². The lowest BCUT2D eigenvalue weighted by molar-refractivity contribution is -0.122. The number of anilines is 1. The van der Waals surface area contributed by atoms with E-state index in [1.165, 1.54) is 0 Å². The second-order valence-electron chi connectivity index (χ2n) is 8.44. The SMILES string of the molecule is CC1Cc2ccccc2N1C(=O)COC(=O)c1c2c(nc3ccccc13)CCN(C)C2. The highest BCUT2D eigenvalue weighted by molar-refractivity contribution is 6.06. The van der Waals surface area contributed by atoms with Crippen LogP contribution in [0.5, 0.6) is 0 Å². The van der Waals surface area contributed by atoms with Crippen LogP contribution >= 0.6 is 0 Å². The maximum absolute atomic E-state index is 13.2. The second kappa shape index (κ2) is 7.78. The van der Waals surface area contributed by atoms with Crippen LogP contribution in [-0.4, -0.2) is 48.0 Å². The van der Waals surface area contributed by atoms with Crippen LogP contribution in [0.4, 0.5) is 5.69 Å². The third-order valence-corrected chi connectivity index (χ3v) is 6.24. The fourth-order valence-corrected chi connectivity index (χ4v) is 4.77. The first-order valence-corrected chi connectivity index (χ1v) is 10.7. The number of hydrogen-bond donors (Lipinski definition) is 0. The molecule has 0 radical (unpaired) electrons. The number of rotatable bonds is 3. The number of benzene rings is 2. The van der Waals surface area contributed by atoms with Crippen molar-refractivity contribution < 1.29 is 14.3 Å². The first-order chi connectivity index (χ1) is 15.0. The Balaban J connectivity index is 1.42. The highest BCUT2D eigenvalue weighted by Crippen LogP contribution is 2.32. The van der Waals surface area contributed by atoms with Crippen LogP contribution in [0, 0.1) is 0 Å². The summed E-state index contributed by atoms with van der Waals surface area (Å²) in [5.74, 6) is -0.659. The second-order valence-corrected chi connectivity index (χ2v) is 8.44. The molecule has 2 aliphatic rings. The van der Waals surface area contributed by atoms with E-state index in [-0.39, 0.29) is 18.6 Å². The maximum Gasteiger partial charge on any atom is 0.339 e. The van der Waals surface area contributed by atoms with Crippen molar-refractivity contribution in [2.75, 3.05) is 25.1 Å². The molecular formula is C25H25N3O3. The van der Waals surface area contributed by atoms with Crippen LogP contribution in [0.15, 0.2) is 48.5 Å². The van der Waals surface area contributed by atoms with Gasteiger partial charge in [-0.1, -0.05) is 36.4 Å². The van der Waals surface area contributed by atoms with Gasteiger partial charge >= 0.3 is 5.97 Å². The number of para-hydroxylation sites is 2. The molecular weight excluding hydrogens is 390 g/mol. The molecule has 0 N–H and O–H groups in total. The van der Waals surface area contributed by atoms with E-state index < -0.39 is 5.97 Å². The fourth-order valence-electron chi connectivity index (χ4n) is 4.77. The van der Waals surface area contributed by atoms with Gasteiger partial charge in [0, 0.05) is 47.9 Å². The van der Waals surface area contributed by atoms with Gasteiger partial charge in [-0.3, -0.25) is 9.78 Å². The van der Waals surface area contributed by atoms with E-state index in [1.54, 1.807) is 4.90 Å². The van der Waals surface area contributed by atoms with Gasteiger partial charge < -0.3 is 14.5 Å². The van der Waals surface area contributed by atoms with E-state index in [2.05, 4.69) is 4.90 Å². The number of esters is 1. The zero-order valence-corrected chi connectivity index (χ0v) is 17.8. The minimum atomic E-state index is -0.460. The fraction of sp³-hybridized carbons (Fsp3) is 0.320. The molecule has 6 heteroatoms. The van der Waals surface area contributed by atoms with Crippen LogP contribution in [0.1, 0.15) is 34.1 Å². The van der Waals surface area contributed by atoms with E-state index in [1.807, 2.05) is 62.5 Å². The molecule has 2 aliphatic heterocycles. The van der Waals surface area contributed by atoms with Crippen LogP contribution in [-0.2, 0) is 28.9 Å². The van der Waals surface area contributed by atoms with Crippen LogP contribution in [0.3, 0.4) is 0 Å². The lowest BCUT2D eigenvalue weighted by Gasteiger charge is -2.27. The van der Waals surface area contributed by atoms with Gasteiger partial charge in [-0.2, -0.15) is 0 Å². The van der Waals surface area contributed by atoms with Gasteiger partial charge in [0.1, 0.15) is 0 Å². The van der Waals surface area contributed by atoms with E-state index in [0.717, 1.165) is 52.8 Å². The number of aromatic nitrogens is 1. The minimum Gasteiger partial charge on any atom is -0.452 e. The van der Waals surface area contributed by atoms with Crippen molar-refractivity contribution in [3.63, 3.8) is 0 Å². The Kier molecular flexibility index (Phi) is 4.94. The Labute approximate surface area is 181 Å².